The molecule has 0 N–H and O–H groups in total. The van der Waals surface area contributed by atoms with Crippen LogP contribution in [0.25, 0.3) is 0 Å². The van der Waals surface area contributed by atoms with Crippen LogP contribution in [0.5, 0.6) is 0 Å². The van der Waals surface area contributed by atoms with Crippen molar-refractivity contribution in [3.05, 3.63) is 104 Å². The Morgan fingerprint density at radius 3 is 2.06 bits per heavy atom. The van der Waals surface area contributed by atoms with Gasteiger partial charge in [-0.15, -0.1) is 0 Å². The minimum atomic E-state index is 0.0122. The molecule has 1 rings (SSSR count). The summed E-state index contributed by atoms with van der Waals surface area (Å²) in [6.07, 6.45) is 20.5. The SMILES string of the molecule is C=C/C=C(\C=C)C(C)(C)CC(C/C=C/C=C\C=C/C)N(C)c1ccccc1.CC.CC. The van der Waals surface area contributed by atoms with E-state index in [0.717, 1.165) is 12.8 Å². The number of hydrogen-bond acceptors (Lipinski definition) is 1. The van der Waals surface area contributed by atoms with Crippen molar-refractivity contribution in [2.75, 3.05) is 11.9 Å². The van der Waals surface area contributed by atoms with Crippen LogP contribution in [0.2, 0.25) is 0 Å². The van der Waals surface area contributed by atoms with E-state index in [1.54, 1.807) is 0 Å². The average molecular weight is 422 g/mol. The van der Waals surface area contributed by atoms with Gasteiger partial charge in [-0.05, 0) is 42.9 Å². The Bertz CT molecular complexity index is 686. The predicted octanol–water partition coefficient (Wildman–Crippen LogP) is 9.34. The van der Waals surface area contributed by atoms with Crippen molar-refractivity contribution in [3.8, 4) is 0 Å². The molecule has 1 aromatic rings. The lowest BCUT2D eigenvalue weighted by Crippen LogP contribution is -2.36. The van der Waals surface area contributed by atoms with Gasteiger partial charge >= 0.3 is 0 Å². The Hall–Kier alpha value is -2.54. The number of benzene rings is 1. The number of hydrogen-bond donors (Lipinski definition) is 0. The van der Waals surface area contributed by atoms with Crippen molar-refractivity contribution in [3.63, 3.8) is 0 Å². The number of anilines is 1. The lowest BCUT2D eigenvalue weighted by atomic mass is 9.77. The van der Waals surface area contributed by atoms with Gasteiger partial charge in [0.05, 0.1) is 0 Å². The summed E-state index contributed by atoms with van der Waals surface area (Å²) < 4.78 is 0. The summed E-state index contributed by atoms with van der Waals surface area (Å²) >= 11 is 0. The lowest BCUT2D eigenvalue weighted by molar-refractivity contribution is 0.366. The molecule has 31 heavy (non-hydrogen) atoms. The third-order valence-electron chi connectivity index (χ3n) is 4.83. The van der Waals surface area contributed by atoms with E-state index in [1.807, 2.05) is 58.9 Å². The van der Waals surface area contributed by atoms with Gasteiger partial charge in [0.1, 0.15) is 0 Å². The summed E-state index contributed by atoms with van der Waals surface area (Å²) in [5.41, 5.74) is 2.48. The highest BCUT2D eigenvalue weighted by Crippen LogP contribution is 2.35. The van der Waals surface area contributed by atoms with E-state index in [-0.39, 0.29) is 5.41 Å². The van der Waals surface area contributed by atoms with E-state index >= 15 is 0 Å². The van der Waals surface area contributed by atoms with Gasteiger partial charge < -0.3 is 4.90 Å². The van der Waals surface area contributed by atoms with Crippen molar-refractivity contribution in [2.24, 2.45) is 5.41 Å². The molecule has 0 aliphatic rings. The summed E-state index contributed by atoms with van der Waals surface area (Å²) in [6, 6.07) is 11.0. The van der Waals surface area contributed by atoms with Crippen molar-refractivity contribution in [1.82, 2.24) is 0 Å². The molecular formula is C30H47N. The van der Waals surface area contributed by atoms with Crippen LogP contribution in [0, 0.1) is 5.41 Å². The number of rotatable bonds is 11. The van der Waals surface area contributed by atoms with E-state index in [9.17, 15) is 0 Å². The molecular weight excluding hydrogens is 374 g/mol. The van der Waals surface area contributed by atoms with Crippen molar-refractivity contribution >= 4 is 5.69 Å². The zero-order chi connectivity index (χ0) is 24.1. The maximum atomic E-state index is 4.00. The van der Waals surface area contributed by atoms with Crippen LogP contribution < -0.4 is 4.90 Å². The van der Waals surface area contributed by atoms with Crippen LogP contribution in [0.15, 0.2) is 104 Å². The molecule has 0 aliphatic heterocycles. The normalized spacial score (nSPS) is 12.7. The Morgan fingerprint density at radius 1 is 0.968 bits per heavy atom. The van der Waals surface area contributed by atoms with E-state index in [1.165, 1.54) is 11.3 Å². The first kappa shape index (κ1) is 30.7. The first-order chi connectivity index (χ1) is 15.0. The van der Waals surface area contributed by atoms with Gasteiger partial charge in [-0.2, -0.15) is 0 Å². The second-order valence-electron chi connectivity index (χ2n) is 7.32. The molecule has 0 saturated carbocycles. The Balaban J connectivity index is 0. The number of allylic oxidation sites excluding steroid dienone is 9. The van der Waals surface area contributed by atoms with Crippen molar-refractivity contribution in [2.45, 2.75) is 67.3 Å². The molecule has 0 saturated heterocycles. The molecule has 0 fully saturated rings. The summed E-state index contributed by atoms with van der Waals surface area (Å²) in [5.74, 6) is 0. The van der Waals surface area contributed by atoms with Crippen LogP contribution in [-0.4, -0.2) is 13.1 Å². The van der Waals surface area contributed by atoms with E-state index in [0.29, 0.717) is 6.04 Å². The molecule has 0 radical (unpaired) electrons. The van der Waals surface area contributed by atoms with Crippen LogP contribution in [0.1, 0.15) is 61.3 Å². The maximum absolute atomic E-state index is 4.00. The van der Waals surface area contributed by atoms with Gasteiger partial charge in [-0.3, -0.25) is 0 Å². The molecule has 0 aromatic heterocycles. The Kier molecular flexibility index (Phi) is 19.2. The third kappa shape index (κ3) is 12.7. The van der Waals surface area contributed by atoms with Crippen LogP contribution in [0.4, 0.5) is 5.69 Å². The Morgan fingerprint density at radius 2 is 1.55 bits per heavy atom. The standard InChI is InChI=1S/C26H35N.2C2H6/c1-7-10-11-12-13-15-21-25(27(6)24-19-16-14-17-20-24)22-26(4,5)23(9-3)18-8-2;2*1-2/h7-20,25H,2-3,21-22H2,1,4-6H3;2*1-2H3/b10-7-,12-11-,15-13+,23-18+;;. The number of para-hydroxylation sites is 1. The molecule has 1 unspecified atom stereocenters. The minimum Gasteiger partial charge on any atom is -0.371 e. The first-order valence-corrected chi connectivity index (χ1v) is 11.6. The van der Waals surface area contributed by atoms with E-state index in [4.69, 9.17) is 0 Å². The largest absolute Gasteiger partial charge is 0.371 e. The Labute approximate surface area is 194 Å². The van der Waals surface area contributed by atoms with E-state index < -0.39 is 0 Å². The lowest BCUT2D eigenvalue weighted by Gasteiger charge is -2.37. The van der Waals surface area contributed by atoms with Gasteiger partial charge in [-0.25, -0.2) is 0 Å². The second kappa shape index (κ2) is 19.4. The number of nitrogens with zero attached hydrogens (tertiary/aromatic N) is 1. The fourth-order valence-corrected chi connectivity index (χ4v) is 3.21. The molecule has 1 aromatic carbocycles. The molecule has 0 amide bonds. The molecule has 0 aliphatic carbocycles. The predicted molar refractivity (Wildman–Crippen MR) is 146 cm³/mol. The van der Waals surface area contributed by atoms with Gasteiger partial charge in [0.25, 0.3) is 0 Å². The van der Waals surface area contributed by atoms with E-state index in [2.05, 4.69) is 99.7 Å². The molecule has 172 valence electrons. The van der Waals surface area contributed by atoms with Gasteiger partial charge in [0.15, 0.2) is 0 Å². The van der Waals surface area contributed by atoms with Crippen LogP contribution in [0.3, 0.4) is 0 Å². The smallest absolute Gasteiger partial charge is 0.0366 e. The topological polar surface area (TPSA) is 3.24 Å². The monoisotopic (exact) mass is 421 g/mol. The highest BCUT2D eigenvalue weighted by molar-refractivity contribution is 5.46. The van der Waals surface area contributed by atoms with Gasteiger partial charge in [0.2, 0.25) is 0 Å². The zero-order valence-corrected chi connectivity index (χ0v) is 21.4. The average Bonchev–Trinajstić information content (AvgIpc) is 2.81. The van der Waals surface area contributed by atoms with Crippen LogP contribution >= 0.6 is 0 Å². The fraction of sp³-hybridized carbons (Fsp3) is 0.400. The quantitative estimate of drug-likeness (QED) is 0.322. The summed E-state index contributed by atoms with van der Waals surface area (Å²) in [5, 5.41) is 0. The minimum absolute atomic E-state index is 0.0122. The molecule has 0 heterocycles. The highest BCUT2D eigenvalue weighted by Gasteiger charge is 2.27. The first-order valence-electron chi connectivity index (χ1n) is 11.6. The van der Waals surface area contributed by atoms with Gasteiger partial charge in [-0.1, -0.05) is 128 Å². The highest BCUT2D eigenvalue weighted by atomic mass is 15.1. The molecule has 1 heteroatoms. The third-order valence-corrected chi connectivity index (χ3v) is 4.83. The summed E-state index contributed by atoms with van der Waals surface area (Å²) in [7, 11) is 2.18. The van der Waals surface area contributed by atoms with Crippen molar-refractivity contribution in [1.29, 1.82) is 0 Å². The fourth-order valence-electron chi connectivity index (χ4n) is 3.21. The zero-order valence-electron chi connectivity index (χ0n) is 21.4. The van der Waals surface area contributed by atoms with Gasteiger partial charge in [0, 0.05) is 18.8 Å². The van der Waals surface area contributed by atoms with Crippen LogP contribution in [-0.2, 0) is 0 Å². The van der Waals surface area contributed by atoms with Crippen molar-refractivity contribution < 1.29 is 0 Å². The molecule has 1 nitrogen and oxygen atoms in total. The molecule has 0 spiro atoms. The molecule has 1 atom stereocenters. The second-order valence-corrected chi connectivity index (χ2v) is 7.32. The maximum Gasteiger partial charge on any atom is 0.0366 e. The summed E-state index contributed by atoms with van der Waals surface area (Å²) in [4.78, 5) is 2.39. The molecule has 0 bridgehead atoms. The summed E-state index contributed by atoms with van der Waals surface area (Å²) in [6.45, 7) is 22.4.